The summed E-state index contributed by atoms with van der Waals surface area (Å²) in [5, 5.41) is 22.6. The summed E-state index contributed by atoms with van der Waals surface area (Å²) in [6, 6.07) is 5.88. The molecule has 82 valence electrons. The minimum Gasteiger partial charge on any atom is -0.618 e. The number of nitro benzene ring substituents is 1. The Hall–Kier alpha value is -2.37. The van der Waals surface area contributed by atoms with Crippen molar-refractivity contribution in [3.05, 3.63) is 45.8 Å². The first-order valence-corrected chi connectivity index (χ1v) is 4.48. The van der Waals surface area contributed by atoms with Crippen LogP contribution in [0.1, 0.15) is 0 Å². The SMILES string of the molecule is COc1ccc2c(ccc[n+]2[O-])c1[N+](=O)[O-]. The molecule has 6 nitrogen and oxygen atoms in total. The van der Waals surface area contributed by atoms with E-state index in [0.717, 1.165) is 0 Å². The van der Waals surface area contributed by atoms with Crippen molar-refractivity contribution in [2.24, 2.45) is 0 Å². The van der Waals surface area contributed by atoms with Gasteiger partial charge in [-0.3, -0.25) is 10.1 Å². The summed E-state index contributed by atoms with van der Waals surface area (Å²) in [5.74, 6) is 0.142. The van der Waals surface area contributed by atoms with E-state index in [1.165, 1.54) is 37.6 Å². The van der Waals surface area contributed by atoms with Crippen LogP contribution in [0.3, 0.4) is 0 Å². The summed E-state index contributed by atoms with van der Waals surface area (Å²) in [7, 11) is 1.35. The third-order valence-electron chi connectivity index (χ3n) is 2.28. The Morgan fingerprint density at radius 3 is 2.75 bits per heavy atom. The zero-order chi connectivity index (χ0) is 11.7. The molecule has 0 radical (unpaired) electrons. The van der Waals surface area contributed by atoms with Gasteiger partial charge in [0, 0.05) is 12.1 Å². The van der Waals surface area contributed by atoms with E-state index in [2.05, 4.69) is 0 Å². The smallest absolute Gasteiger partial charge is 0.324 e. The van der Waals surface area contributed by atoms with Crippen LogP contribution < -0.4 is 9.47 Å². The van der Waals surface area contributed by atoms with E-state index in [9.17, 15) is 15.3 Å². The van der Waals surface area contributed by atoms with Crippen molar-refractivity contribution in [3.8, 4) is 5.75 Å². The van der Waals surface area contributed by atoms with Crippen LogP contribution in [0.4, 0.5) is 5.69 Å². The first-order chi connectivity index (χ1) is 7.65. The third-order valence-corrected chi connectivity index (χ3v) is 2.28. The maximum atomic E-state index is 11.4. The molecule has 6 heteroatoms. The van der Waals surface area contributed by atoms with Crippen LogP contribution in [-0.2, 0) is 0 Å². The Bertz CT molecular complexity index is 568. The molecule has 0 atom stereocenters. The number of ether oxygens (including phenoxy) is 1. The first kappa shape index (κ1) is 10.2. The summed E-state index contributed by atoms with van der Waals surface area (Å²) in [6.07, 6.45) is 1.29. The Morgan fingerprint density at radius 1 is 1.38 bits per heavy atom. The molecule has 0 fully saturated rings. The van der Waals surface area contributed by atoms with Gasteiger partial charge in [-0.1, -0.05) is 0 Å². The molecule has 0 bridgehead atoms. The first-order valence-electron chi connectivity index (χ1n) is 4.48. The average molecular weight is 220 g/mol. The lowest BCUT2D eigenvalue weighted by atomic mass is 10.1. The minimum absolute atomic E-state index is 0.142. The fourth-order valence-corrected chi connectivity index (χ4v) is 1.58. The number of fused-ring (bicyclic) bond motifs is 1. The highest BCUT2D eigenvalue weighted by Gasteiger charge is 2.22. The summed E-state index contributed by atoms with van der Waals surface area (Å²) >= 11 is 0. The Kier molecular flexibility index (Phi) is 2.32. The van der Waals surface area contributed by atoms with Crippen molar-refractivity contribution in [2.45, 2.75) is 0 Å². The van der Waals surface area contributed by atoms with Gasteiger partial charge in [0.25, 0.3) is 0 Å². The summed E-state index contributed by atoms with van der Waals surface area (Å²) in [6.45, 7) is 0. The number of aromatic nitrogens is 1. The zero-order valence-corrected chi connectivity index (χ0v) is 8.41. The molecule has 1 aromatic carbocycles. The molecule has 0 spiro atoms. The summed E-state index contributed by atoms with van der Waals surface area (Å²) in [5.41, 5.74) is 0.0557. The van der Waals surface area contributed by atoms with Crippen LogP contribution in [0.5, 0.6) is 5.75 Å². The number of hydrogen-bond donors (Lipinski definition) is 0. The lowest BCUT2D eigenvalue weighted by Gasteiger charge is -2.05. The molecule has 1 heterocycles. The van der Waals surface area contributed by atoms with Gasteiger partial charge in [0.1, 0.15) is 5.39 Å². The molecule has 0 unspecified atom stereocenters. The van der Waals surface area contributed by atoms with Crippen molar-refractivity contribution in [1.82, 2.24) is 0 Å². The normalized spacial score (nSPS) is 10.3. The number of nitrogens with zero attached hydrogens (tertiary/aromatic N) is 2. The molecule has 0 aliphatic carbocycles. The van der Waals surface area contributed by atoms with Crippen molar-refractivity contribution in [1.29, 1.82) is 0 Å². The van der Waals surface area contributed by atoms with E-state index < -0.39 is 4.92 Å². The van der Waals surface area contributed by atoms with Crippen LogP contribution >= 0.6 is 0 Å². The average Bonchev–Trinajstić information content (AvgIpc) is 2.27. The zero-order valence-electron chi connectivity index (χ0n) is 8.41. The Balaban J connectivity index is 2.90. The van der Waals surface area contributed by atoms with Gasteiger partial charge < -0.3 is 9.94 Å². The van der Waals surface area contributed by atoms with Gasteiger partial charge in [-0.2, -0.15) is 4.73 Å². The Labute approximate surface area is 90.4 Å². The van der Waals surface area contributed by atoms with Gasteiger partial charge in [-0.25, -0.2) is 0 Å². The van der Waals surface area contributed by atoms with Crippen LogP contribution in [0.2, 0.25) is 0 Å². The fourth-order valence-electron chi connectivity index (χ4n) is 1.58. The van der Waals surface area contributed by atoms with Gasteiger partial charge >= 0.3 is 5.69 Å². The van der Waals surface area contributed by atoms with Gasteiger partial charge in [0.2, 0.25) is 5.52 Å². The van der Waals surface area contributed by atoms with Gasteiger partial charge in [-0.15, -0.1) is 0 Å². The van der Waals surface area contributed by atoms with Crippen molar-refractivity contribution < 1.29 is 14.4 Å². The largest absolute Gasteiger partial charge is 0.618 e. The molecule has 2 aromatic rings. The van der Waals surface area contributed by atoms with Crippen LogP contribution in [0, 0.1) is 15.3 Å². The monoisotopic (exact) mass is 220 g/mol. The van der Waals surface area contributed by atoms with E-state index in [1.54, 1.807) is 0 Å². The van der Waals surface area contributed by atoms with Crippen LogP contribution in [0.15, 0.2) is 30.5 Å². The second-order valence-corrected chi connectivity index (χ2v) is 3.14. The molecule has 0 saturated heterocycles. The molecule has 1 aromatic heterocycles. The van der Waals surface area contributed by atoms with Gasteiger partial charge in [-0.05, 0) is 12.1 Å². The lowest BCUT2D eigenvalue weighted by molar-refractivity contribution is -0.577. The van der Waals surface area contributed by atoms with Gasteiger partial charge in [0.05, 0.1) is 12.0 Å². The van der Waals surface area contributed by atoms with E-state index in [4.69, 9.17) is 4.74 Å². The Morgan fingerprint density at radius 2 is 2.12 bits per heavy atom. The molecular weight excluding hydrogens is 212 g/mol. The van der Waals surface area contributed by atoms with Crippen LogP contribution in [-0.4, -0.2) is 12.0 Å². The minimum atomic E-state index is -0.554. The maximum absolute atomic E-state index is 11.4. The van der Waals surface area contributed by atoms with Crippen molar-refractivity contribution >= 4 is 16.6 Å². The van der Waals surface area contributed by atoms with Gasteiger partial charge in [0.15, 0.2) is 11.9 Å². The lowest BCUT2D eigenvalue weighted by Crippen LogP contribution is -2.25. The number of methoxy groups -OCH3 is 1. The number of nitro groups is 1. The highest BCUT2D eigenvalue weighted by atomic mass is 16.6. The standard InChI is InChI=1S/C10H8N2O4/c1-16-9-5-4-8-7(10(9)12(14)15)3-2-6-11(8)13/h2-6H,1H3. The summed E-state index contributed by atoms with van der Waals surface area (Å²) < 4.78 is 5.49. The van der Waals surface area contributed by atoms with Crippen LogP contribution in [0.25, 0.3) is 10.9 Å². The topological polar surface area (TPSA) is 79.3 Å². The molecule has 2 rings (SSSR count). The highest BCUT2D eigenvalue weighted by Crippen LogP contribution is 2.33. The molecule has 0 aliphatic heterocycles. The van der Waals surface area contributed by atoms with E-state index >= 15 is 0 Å². The second kappa shape index (κ2) is 3.65. The maximum Gasteiger partial charge on any atom is 0.324 e. The number of pyridine rings is 1. The predicted octanol–water partition coefficient (Wildman–Crippen LogP) is 1.39. The predicted molar refractivity (Wildman–Crippen MR) is 56.1 cm³/mol. The van der Waals surface area contributed by atoms with E-state index in [0.29, 0.717) is 4.73 Å². The second-order valence-electron chi connectivity index (χ2n) is 3.14. The molecule has 0 amide bonds. The molecule has 0 N–H and O–H groups in total. The third kappa shape index (κ3) is 1.40. The highest BCUT2D eigenvalue weighted by molar-refractivity contribution is 5.89. The number of rotatable bonds is 2. The molecular formula is C10H8N2O4. The number of benzene rings is 1. The van der Waals surface area contributed by atoms with E-state index in [-0.39, 0.29) is 22.3 Å². The molecule has 16 heavy (non-hydrogen) atoms. The summed E-state index contributed by atoms with van der Waals surface area (Å²) in [4.78, 5) is 10.4. The molecule has 0 saturated carbocycles. The molecule has 0 aliphatic rings. The quantitative estimate of drug-likeness (QED) is 0.331. The van der Waals surface area contributed by atoms with Crippen molar-refractivity contribution in [2.75, 3.05) is 7.11 Å². The van der Waals surface area contributed by atoms with Crippen molar-refractivity contribution in [3.63, 3.8) is 0 Å². The fraction of sp³-hybridized carbons (Fsp3) is 0.100. The number of hydrogen-bond acceptors (Lipinski definition) is 4. The van der Waals surface area contributed by atoms with E-state index in [1.807, 2.05) is 0 Å².